The Morgan fingerprint density at radius 1 is 1.42 bits per heavy atom. The van der Waals surface area contributed by atoms with Crippen LogP contribution in [0.2, 0.25) is 0 Å². The van der Waals surface area contributed by atoms with Gasteiger partial charge in [0.25, 0.3) is 0 Å². The number of benzene rings is 1. The van der Waals surface area contributed by atoms with Crippen molar-refractivity contribution in [1.29, 1.82) is 0 Å². The SMILES string of the molecule is C=C(N)c1/c(=C/C(Cl)=C\C)c(=C(C)CC)n2c1[nH]c1c(O)ccc(C)c12. The Labute approximate surface area is 157 Å². The smallest absolute Gasteiger partial charge is 0.141 e. The number of aromatic amines is 1. The quantitative estimate of drug-likeness (QED) is 0.656. The van der Waals surface area contributed by atoms with Gasteiger partial charge in [-0.3, -0.25) is 4.40 Å². The molecule has 2 aromatic heterocycles. The van der Waals surface area contributed by atoms with E-state index < -0.39 is 0 Å². The third kappa shape index (κ3) is 2.61. The molecule has 0 bridgehead atoms. The second-order valence-electron chi connectivity index (χ2n) is 6.55. The van der Waals surface area contributed by atoms with Gasteiger partial charge in [0.05, 0.1) is 10.9 Å². The van der Waals surface area contributed by atoms with Gasteiger partial charge in [0.15, 0.2) is 0 Å². The van der Waals surface area contributed by atoms with Gasteiger partial charge in [-0.05, 0) is 50.5 Å². The van der Waals surface area contributed by atoms with E-state index in [1.807, 2.05) is 32.1 Å². The van der Waals surface area contributed by atoms with E-state index in [9.17, 15) is 5.11 Å². The lowest BCUT2D eigenvalue weighted by molar-refractivity contribution is 0.480. The molecule has 0 radical (unpaired) electrons. The molecule has 0 aliphatic rings. The van der Waals surface area contributed by atoms with Crippen molar-refractivity contribution < 1.29 is 5.11 Å². The number of fused-ring (bicyclic) bond motifs is 3. The number of nitrogens with one attached hydrogen (secondary N) is 1. The van der Waals surface area contributed by atoms with Crippen LogP contribution < -0.4 is 16.3 Å². The number of H-pyrrole nitrogens is 1. The van der Waals surface area contributed by atoms with Gasteiger partial charge in [0.2, 0.25) is 0 Å². The summed E-state index contributed by atoms with van der Waals surface area (Å²) in [4.78, 5) is 3.34. The molecular weight excluding hydrogens is 346 g/mol. The number of hydrogen-bond donors (Lipinski definition) is 3. The molecule has 26 heavy (non-hydrogen) atoms. The van der Waals surface area contributed by atoms with Crippen molar-refractivity contribution in [3.05, 3.63) is 51.5 Å². The number of phenols is 1. The topological polar surface area (TPSA) is 66.5 Å². The van der Waals surface area contributed by atoms with Crippen molar-refractivity contribution in [3.8, 4) is 5.75 Å². The number of hydrogen-bond acceptors (Lipinski definition) is 2. The van der Waals surface area contributed by atoms with Crippen LogP contribution in [0, 0.1) is 6.92 Å². The van der Waals surface area contributed by atoms with Crippen LogP contribution in [0.1, 0.15) is 38.3 Å². The van der Waals surface area contributed by atoms with Crippen molar-refractivity contribution >= 4 is 45.6 Å². The molecule has 4 N–H and O–H groups in total. The fourth-order valence-electron chi connectivity index (χ4n) is 3.42. The van der Waals surface area contributed by atoms with E-state index in [-0.39, 0.29) is 5.75 Å². The molecule has 4 nitrogen and oxygen atoms in total. The predicted octanol–water partition coefficient (Wildman–Crippen LogP) is 3.87. The van der Waals surface area contributed by atoms with Gasteiger partial charge in [-0.1, -0.05) is 37.2 Å². The van der Waals surface area contributed by atoms with Gasteiger partial charge in [0.1, 0.15) is 16.9 Å². The van der Waals surface area contributed by atoms with E-state index in [1.54, 1.807) is 6.07 Å². The maximum absolute atomic E-state index is 10.3. The minimum absolute atomic E-state index is 0.208. The average Bonchev–Trinajstić information content (AvgIpc) is 3.12. The van der Waals surface area contributed by atoms with Crippen LogP contribution in [-0.2, 0) is 0 Å². The summed E-state index contributed by atoms with van der Waals surface area (Å²) in [6.45, 7) is 12.1. The molecule has 1 aromatic carbocycles. The molecule has 3 rings (SSSR count). The van der Waals surface area contributed by atoms with E-state index >= 15 is 0 Å². The van der Waals surface area contributed by atoms with Crippen molar-refractivity contribution in [2.75, 3.05) is 0 Å². The molecule has 0 aliphatic carbocycles. The number of phenolic OH excluding ortho intramolecular Hbond substituents is 1. The summed E-state index contributed by atoms with van der Waals surface area (Å²) in [5.41, 5.74) is 12.1. The van der Waals surface area contributed by atoms with Crippen molar-refractivity contribution in [2.24, 2.45) is 5.73 Å². The lowest BCUT2D eigenvalue weighted by Gasteiger charge is -2.02. The fraction of sp³-hybridized carbons (Fsp3) is 0.238. The summed E-state index contributed by atoms with van der Waals surface area (Å²) >= 11 is 6.33. The molecule has 2 heterocycles. The highest BCUT2D eigenvalue weighted by Crippen LogP contribution is 2.28. The molecule has 0 atom stereocenters. The molecule has 0 amide bonds. The molecule has 0 saturated heterocycles. The average molecular weight is 370 g/mol. The lowest BCUT2D eigenvalue weighted by Crippen LogP contribution is -2.30. The first-order valence-electron chi connectivity index (χ1n) is 8.64. The number of nitrogens with zero attached hydrogens (tertiary/aromatic N) is 1. The summed E-state index contributed by atoms with van der Waals surface area (Å²) in [6.07, 6.45) is 4.65. The standard InChI is InChI=1S/C21H24ClN3O/c1-6-11(3)19-15(10-14(22)7-2)17(13(5)23)21-24-18-16(26)9-8-12(4)20(18)25(19)21/h7-10,24,26H,5-6,23H2,1-4H3/b14-7+,15-10-,19-11?. The van der Waals surface area contributed by atoms with Gasteiger partial charge in [-0.2, -0.15) is 0 Å². The first kappa shape index (κ1) is 18.2. The summed E-state index contributed by atoms with van der Waals surface area (Å²) in [5, 5.41) is 12.9. The molecule has 0 saturated carbocycles. The summed E-state index contributed by atoms with van der Waals surface area (Å²) in [6, 6.07) is 3.61. The van der Waals surface area contributed by atoms with Crippen LogP contribution in [0.25, 0.3) is 34.0 Å². The fourth-order valence-corrected chi connectivity index (χ4v) is 3.53. The maximum Gasteiger partial charge on any atom is 0.141 e. The van der Waals surface area contributed by atoms with Crippen LogP contribution in [0.4, 0.5) is 0 Å². The van der Waals surface area contributed by atoms with Crippen LogP contribution in [-0.4, -0.2) is 14.5 Å². The molecular formula is C21H24ClN3O. The lowest BCUT2D eigenvalue weighted by atomic mass is 10.1. The number of imidazole rings is 1. The van der Waals surface area contributed by atoms with Gasteiger partial charge < -0.3 is 15.8 Å². The number of nitrogens with two attached hydrogens (primary N) is 1. The number of allylic oxidation sites excluding steroid dienone is 2. The summed E-state index contributed by atoms with van der Waals surface area (Å²) < 4.78 is 2.13. The molecule has 3 aromatic rings. The largest absolute Gasteiger partial charge is 0.506 e. The van der Waals surface area contributed by atoms with E-state index in [2.05, 4.69) is 29.8 Å². The third-order valence-electron chi connectivity index (χ3n) is 4.85. The van der Waals surface area contributed by atoms with E-state index in [1.165, 1.54) is 5.57 Å². The Balaban J connectivity index is 2.78. The number of aryl methyl sites for hydroxylation is 1. The van der Waals surface area contributed by atoms with Crippen LogP contribution in [0.15, 0.2) is 29.8 Å². The molecule has 0 spiro atoms. The van der Waals surface area contributed by atoms with Crippen molar-refractivity contribution in [2.45, 2.75) is 34.1 Å². The Hall–Kier alpha value is -2.59. The Morgan fingerprint density at radius 3 is 2.69 bits per heavy atom. The highest BCUT2D eigenvalue weighted by molar-refractivity contribution is 6.34. The first-order valence-corrected chi connectivity index (χ1v) is 9.02. The first-order chi connectivity index (χ1) is 12.3. The number of aromatic nitrogens is 2. The predicted molar refractivity (Wildman–Crippen MR) is 112 cm³/mol. The molecule has 5 heteroatoms. The Kier molecular flexibility index (Phi) is 4.63. The zero-order valence-electron chi connectivity index (χ0n) is 15.6. The molecule has 0 aliphatic heterocycles. The second kappa shape index (κ2) is 6.61. The minimum atomic E-state index is 0.208. The highest BCUT2D eigenvalue weighted by atomic mass is 35.5. The maximum atomic E-state index is 10.3. The summed E-state index contributed by atoms with van der Waals surface area (Å²) in [5.74, 6) is 0.208. The molecule has 0 unspecified atom stereocenters. The normalized spacial score (nSPS) is 14.5. The van der Waals surface area contributed by atoms with Crippen LogP contribution in [0.5, 0.6) is 5.75 Å². The zero-order valence-corrected chi connectivity index (χ0v) is 16.3. The van der Waals surface area contributed by atoms with Gasteiger partial charge >= 0.3 is 0 Å². The number of halogens is 1. The summed E-state index contributed by atoms with van der Waals surface area (Å²) in [7, 11) is 0. The number of aromatic hydroxyl groups is 1. The van der Waals surface area contributed by atoms with E-state index in [0.717, 1.165) is 39.3 Å². The van der Waals surface area contributed by atoms with Gasteiger partial charge in [-0.25, -0.2) is 0 Å². The Morgan fingerprint density at radius 2 is 2.12 bits per heavy atom. The van der Waals surface area contributed by atoms with Crippen LogP contribution >= 0.6 is 11.6 Å². The van der Waals surface area contributed by atoms with Crippen molar-refractivity contribution in [1.82, 2.24) is 9.38 Å². The van der Waals surface area contributed by atoms with E-state index in [4.69, 9.17) is 17.3 Å². The zero-order chi connectivity index (χ0) is 19.2. The highest BCUT2D eigenvalue weighted by Gasteiger charge is 2.19. The molecule has 0 fully saturated rings. The van der Waals surface area contributed by atoms with E-state index in [0.29, 0.717) is 16.2 Å². The molecule has 136 valence electrons. The monoisotopic (exact) mass is 369 g/mol. The number of rotatable bonds is 3. The van der Waals surface area contributed by atoms with Crippen LogP contribution in [0.3, 0.4) is 0 Å². The van der Waals surface area contributed by atoms with Gasteiger partial charge in [-0.15, -0.1) is 0 Å². The Bertz CT molecular complexity index is 1190. The van der Waals surface area contributed by atoms with Crippen molar-refractivity contribution in [3.63, 3.8) is 0 Å². The third-order valence-corrected chi connectivity index (χ3v) is 5.17. The van der Waals surface area contributed by atoms with Gasteiger partial charge in [0, 0.05) is 21.5 Å². The second-order valence-corrected chi connectivity index (χ2v) is 6.98. The minimum Gasteiger partial charge on any atom is -0.506 e.